The lowest BCUT2D eigenvalue weighted by Gasteiger charge is -1.98. The van der Waals surface area contributed by atoms with Gasteiger partial charge in [0, 0.05) is 18.1 Å². The van der Waals surface area contributed by atoms with Crippen LogP contribution in [0.1, 0.15) is 5.69 Å². The first-order valence-corrected chi connectivity index (χ1v) is 5.11. The Bertz CT molecular complexity index is 462. The van der Waals surface area contributed by atoms with Gasteiger partial charge in [-0.25, -0.2) is 0 Å². The Balaban J connectivity index is 2.17. The minimum Gasteiger partial charge on any atom is -0.389 e. The molecular formula is C13H13NO2. The van der Waals surface area contributed by atoms with E-state index in [-0.39, 0.29) is 0 Å². The molecule has 0 saturated carbocycles. The zero-order valence-electron chi connectivity index (χ0n) is 8.84. The average Bonchev–Trinajstić information content (AvgIpc) is 2.78. The second-order valence-corrected chi connectivity index (χ2v) is 3.56. The molecule has 1 aromatic carbocycles. The maximum Gasteiger partial charge on any atom is 0.167 e. The molecule has 2 aromatic rings. The quantitative estimate of drug-likeness (QED) is 0.797. The predicted octanol–water partition coefficient (Wildman–Crippen LogP) is 2.43. The first kappa shape index (κ1) is 10.6. The van der Waals surface area contributed by atoms with Crippen molar-refractivity contribution in [3.05, 3.63) is 54.7 Å². The summed E-state index contributed by atoms with van der Waals surface area (Å²) in [5.41, 5.74) is 1.71. The summed E-state index contributed by atoms with van der Waals surface area (Å²) in [5, 5.41) is 13.3. The minimum absolute atomic E-state index is 0.430. The molecule has 1 unspecified atom stereocenters. The van der Waals surface area contributed by atoms with Crippen molar-refractivity contribution in [3.63, 3.8) is 0 Å². The van der Waals surface area contributed by atoms with E-state index in [1.807, 2.05) is 36.4 Å². The van der Waals surface area contributed by atoms with Gasteiger partial charge in [-0.3, -0.25) is 0 Å². The third-order valence-corrected chi connectivity index (χ3v) is 2.31. The zero-order chi connectivity index (χ0) is 11.4. The number of hydrogen-bond donors (Lipinski definition) is 1. The van der Waals surface area contributed by atoms with Gasteiger partial charge in [0.1, 0.15) is 0 Å². The Hall–Kier alpha value is -1.87. The summed E-state index contributed by atoms with van der Waals surface area (Å²) in [5.74, 6) is 0.715. The fraction of sp³-hybridized carbons (Fsp3) is 0.154. The summed E-state index contributed by atoms with van der Waals surface area (Å²) >= 11 is 0. The van der Waals surface area contributed by atoms with Crippen molar-refractivity contribution >= 4 is 0 Å². The van der Waals surface area contributed by atoms with E-state index in [0.29, 0.717) is 12.2 Å². The van der Waals surface area contributed by atoms with E-state index < -0.39 is 6.10 Å². The summed E-state index contributed by atoms with van der Waals surface area (Å²) in [6.45, 7) is 3.51. The molecule has 16 heavy (non-hydrogen) atoms. The summed E-state index contributed by atoms with van der Waals surface area (Å²) in [7, 11) is 0. The fourth-order valence-electron chi connectivity index (χ4n) is 1.44. The van der Waals surface area contributed by atoms with Crippen molar-refractivity contribution in [2.75, 3.05) is 0 Å². The molecule has 1 atom stereocenters. The first-order valence-electron chi connectivity index (χ1n) is 5.11. The minimum atomic E-state index is -0.575. The third-order valence-electron chi connectivity index (χ3n) is 2.31. The molecule has 0 radical (unpaired) electrons. The highest BCUT2D eigenvalue weighted by Crippen LogP contribution is 2.20. The lowest BCUT2D eigenvalue weighted by Crippen LogP contribution is -2.05. The molecule has 82 valence electrons. The van der Waals surface area contributed by atoms with Gasteiger partial charge in [0.25, 0.3) is 0 Å². The number of aliphatic hydroxyl groups excluding tert-OH is 1. The molecule has 3 heteroatoms. The Morgan fingerprint density at radius 1 is 1.38 bits per heavy atom. The van der Waals surface area contributed by atoms with Gasteiger partial charge in [0.15, 0.2) is 5.76 Å². The van der Waals surface area contributed by atoms with Crippen LogP contribution >= 0.6 is 0 Å². The number of rotatable bonds is 4. The van der Waals surface area contributed by atoms with Crippen LogP contribution in [0.4, 0.5) is 0 Å². The highest BCUT2D eigenvalue weighted by molar-refractivity contribution is 5.56. The van der Waals surface area contributed by atoms with Crippen molar-refractivity contribution < 1.29 is 9.63 Å². The number of aromatic nitrogens is 1. The van der Waals surface area contributed by atoms with Crippen molar-refractivity contribution in [1.82, 2.24) is 5.16 Å². The highest BCUT2D eigenvalue weighted by atomic mass is 16.5. The van der Waals surface area contributed by atoms with E-state index >= 15 is 0 Å². The Morgan fingerprint density at radius 2 is 2.12 bits per heavy atom. The number of nitrogens with zero attached hydrogens (tertiary/aromatic N) is 1. The van der Waals surface area contributed by atoms with Crippen LogP contribution in [0.5, 0.6) is 0 Å². The number of aliphatic hydroxyl groups is 1. The van der Waals surface area contributed by atoms with Crippen LogP contribution in [0.25, 0.3) is 11.3 Å². The molecule has 0 fully saturated rings. The summed E-state index contributed by atoms with van der Waals surface area (Å²) in [4.78, 5) is 0. The topological polar surface area (TPSA) is 46.3 Å². The normalized spacial score (nSPS) is 12.3. The summed E-state index contributed by atoms with van der Waals surface area (Å²) in [6.07, 6.45) is 1.34. The molecule has 0 aliphatic rings. The van der Waals surface area contributed by atoms with E-state index in [1.165, 1.54) is 6.08 Å². The van der Waals surface area contributed by atoms with Gasteiger partial charge in [0.05, 0.1) is 11.8 Å². The number of benzene rings is 1. The Morgan fingerprint density at radius 3 is 2.81 bits per heavy atom. The molecule has 0 amide bonds. The fourth-order valence-corrected chi connectivity index (χ4v) is 1.44. The molecule has 0 aliphatic heterocycles. The van der Waals surface area contributed by atoms with Crippen LogP contribution in [0.15, 0.2) is 53.6 Å². The van der Waals surface area contributed by atoms with Gasteiger partial charge in [-0.2, -0.15) is 0 Å². The Labute approximate surface area is 94.0 Å². The maximum absolute atomic E-state index is 9.39. The van der Waals surface area contributed by atoms with Gasteiger partial charge in [-0.15, -0.1) is 6.58 Å². The van der Waals surface area contributed by atoms with Crippen LogP contribution in [0, 0.1) is 0 Å². The van der Waals surface area contributed by atoms with E-state index in [4.69, 9.17) is 4.52 Å². The molecule has 0 aliphatic carbocycles. The van der Waals surface area contributed by atoms with Gasteiger partial charge >= 0.3 is 0 Å². The average molecular weight is 215 g/mol. The predicted molar refractivity (Wildman–Crippen MR) is 61.8 cm³/mol. The molecule has 0 saturated heterocycles. The SMILES string of the molecule is C=CC(O)Cc1cc(-c2ccccc2)on1. The zero-order valence-corrected chi connectivity index (χ0v) is 8.84. The second-order valence-electron chi connectivity index (χ2n) is 3.56. The maximum atomic E-state index is 9.39. The third kappa shape index (κ3) is 2.38. The van der Waals surface area contributed by atoms with Crippen molar-refractivity contribution in [2.24, 2.45) is 0 Å². The van der Waals surface area contributed by atoms with Crippen LogP contribution in [0.2, 0.25) is 0 Å². The van der Waals surface area contributed by atoms with Gasteiger partial charge in [-0.1, -0.05) is 41.6 Å². The van der Waals surface area contributed by atoms with Gasteiger partial charge < -0.3 is 9.63 Å². The van der Waals surface area contributed by atoms with Crippen LogP contribution < -0.4 is 0 Å². The van der Waals surface area contributed by atoms with E-state index in [1.54, 1.807) is 0 Å². The first-order chi connectivity index (χ1) is 7.79. The molecule has 3 nitrogen and oxygen atoms in total. The van der Waals surface area contributed by atoms with Crippen molar-refractivity contribution in [1.29, 1.82) is 0 Å². The highest BCUT2D eigenvalue weighted by Gasteiger charge is 2.08. The Kier molecular flexibility index (Phi) is 3.17. The second kappa shape index (κ2) is 4.77. The molecule has 1 N–H and O–H groups in total. The van der Waals surface area contributed by atoms with Crippen LogP contribution in [-0.2, 0) is 6.42 Å². The molecule has 0 spiro atoms. The summed E-state index contributed by atoms with van der Waals surface area (Å²) < 4.78 is 5.20. The van der Waals surface area contributed by atoms with E-state index in [9.17, 15) is 5.11 Å². The lowest BCUT2D eigenvalue weighted by atomic mass is 10.1. The lowest BCUT2D eigenvalue weighted by molar-refractivity contribution is 0.221. The number of hydrogen-bond acceptors (Lipinski definition) is 3. The van der Waals surface area contributed by atoms with Crippen molar-refractivity contribution in [2.45, 2.75) is 12.5 Å². The molecule has 0 bridgehead atoms. The monoisotopic (exact) mass is 215 g/mol. The smallest absolute Gasteiger partial charge is 0.167 e. The standard InChI is InChI=1S/C13H13NO2/c1-2-12(15)8-11-9-13(16-14-11)10-6-4-3-5-7-10/h2-7,9,12,15H,1,8H2. The molecular weight excluding hydrogens is 202 g/mol. The van der Waals surface area contributed by atoms with E-state index in [2.05, 4.69) is 11.7 Å². The molecule has 2 rings (SSSR count). The molecule has 1 heterocycles. The largest absolute Gasteiger partial charge is 0.389 e. The van der Waals surface area contributed by atoms with Crippen LogP contribution in [-0.4, -0.2) is 16.4 Å². The van der Waals surface area contributed by atoms with Gasteiger partial charge in [-0.05, 0) is 0 Å². The van der Waals surface area contributed by atoms with Gasteiger partial charge in [0.2, 0.25) is 0 Å². The van der Waals surface area contributed by atoms with Crippen LogP contribution in [0.3, 0.4) is 0 Å². The summed E-state index contributed by atoms with van der Waals surface area (Å²) in [6, 6.07) is 11.6. The van der Waals surface area contributed by atoms with E-state index in [0.717, 1.165) is 11.3 Å². The molecule has 1 aromatic heterocycles. The van der Waals surface area contributed by atoms with Crippen molar-refractivity contribution in [3.8, 4) is 11.3 Å².